The highest BCUT2D eigenvalue weighted by atomic mass is 16.5. The molecule has 0 amide bonds. The second-order valence-corrected chi connectivity index (χ2v) is 6.21. The van der Waals surface area contributed by atoms with Crippen molar-refractivity contribution in [2.75, 3.05) is 26.1 Å². The number of methoxy groups -OCH3 is 1. The molecule has 27 heavy (non-hydrogen) atoms. The molecule has 0 bridgehead atoms. The molecular formula is C20H17N3O4. The molecule has 0 aliphatic heterocycles. The van der Waals surface area contributed by atoms with Crippen LogP contribution in [0.15, 0.2) is 62.2 Å². The predicted molar refractivity (Wildman–Crippen MR) is 102 cm³/mol. The lowest BCUT2D eigenvalue weighted by Gasteiger charge is -2.12. The number of hydrogen-bond acceptors (Lipinski definition) is 7. The Kier molecular flexibility index (Phi) is 4.12. The number of aromatic nitrogens is 2. The number of nitrogens with zero attached hydrogens (tertiary/aromatic N) is 3. The van der Waals surface area contributed by atoms with E-state index in [1.807, 2.05) is 43.3 Å². The smallest absolute Gasteiger partial charge is 0.349 e. The Labute approximate surface area is 154 Å². The zero-order chi connectivity index (χ0) is 19.0. The van der Waals surface area contributed by atoms with Crippen molar-refractivity contribution in [2.45, 2.75) is 0 Å². The highest BCUT2D eigenvalue weighted by molar-refractivity contribution is 5.81. The summed E-state index contributed by atoms with van der Waals surface area (Å²) in [6, 6.07) is 14.6. The minimum atomic E-state index is -0.548. The molecule has 0 atom stereocenters. The van der Waals surface area contributed by atoms with Crippen molar-refractivity contribution in [1.82, 2.24) is 10.2 Å². The molecule has 0 aliphatic carbocycles. The Balaban J connectivity index is 1.76. The molecule has 2 aromatic carbocycles. The third-order valence-corrected chi connectivity index (χ3v) is 4.21. The topological polar surface area (TPSA) is 81.6 Å². The molecule has 4 aromatic rings. The van der Waals surface area contributed by atoms with Crippen LogP contribution in [0.3, 0.4) is 0 Å². The Morgan fingerprint density at radius 2 is 1.78 bits per heavy atom. The number of ether oxygens (including phenoxy) is 1. The van der Waals surface area contributed by atoms with E-state index in [1.165, 1.54) is 0 Å². The highest BCUT2D eigenvalue weighted by Gasteiger charge is 2.16. The molecule has 0 saturated carbocycles. The zero-order valence-electron chi connectivity index (χ0n) is 15.1. The summed E-state index contributed by atoms with van der Waals surface area (Å²) in [6.45, 7) is 0. The molecule has 7 heteroatoms. The molecule has 2 heterocycles. The number of hydrogen-bond donors (Lipinski definition) is 0. The van der Waals surface area contributed by atoms with E-state index in [-0.39, 0.29) is 11.5 Å². The van der Waals surface area contributed by atoms with Crippen LogP contribution in [0, 0.1) is 0 Å². The van der Waals surface area contributed by atoms with Gasteiger partial charge in [0.25, 0.3) is 5.89 Å². The first-order chi connectivity index (χ1) is 13.0. The lowest BCUT2D eigenvalue weighted by molar-refractivity contribution is 0.414. The third kappa shape index (κ3) is 3.15. The summed E-state index contributed by atoms with van der Waals surface area (Å²) in [4.78, 5) is 14.4. The van der Waals surface area contributed by atoms with Crippen LogP contribution in [0.1, 0.15) is 0 Å². The first-order valence-corrected chi connectivity index (χ1v) is 8.28. The van der Waals surface area contributed by atoms with E-state index >= 15 is 0 Å². The maximum absolute atomic E-state index is 12.4. The molecule has 2 aromatic heterocycles. The first-order valence-electron chi connectivity index (χ1n) is 8.28. The van der Waals surface area contributed by atoms with Gasteiger partial charge in [-0.2, -0.15) is 0 Å². The number of benzene rings is 2. The standard InChI is InChI=1S/C20H17N3O4/c1-23(2)14-6-4-5-13(9-14)18-21-22-19(27-18)16-10-12-7-8-15(25-3)11-17(12)26-20(16)24/h4-11H,1-3H3. The molecule has 0 spiro atoms. The van der Waals surface area contributed by atoms with Crippen LogP contribution in [-0.2, 0) is 0 Å². The molecule has 4 rings (SSSR count). The monoisotopic (exact) mass is 363 g/mol. The Morgan fingerprint density at radius 3 is 2.56 bits per heavy atom. The first kappa shape index (κ1) is 16.8. The van der Waals surface area contributed by atoms with Gasteiger partial charge in [0.2, 0.25) is 5.89 Å². The van der Waals surface area contributed by atoms with Crippen LogP contribution >= 0.6 is 0 Å². The molecule has 0 aliphatic rings. The molecule has 0 radical (unpaired) electrons. The van der Waals surface area contributed by atoms with Gasteiger partial charge in [0.15, 0.2) is 0 Å². The second kappa shape index (κ2) is 6.60. The van der Waals surface area contributed by atoms with Gasteiger partial charge in [-0.3, -0.25) is 0 Å². The van der Waals surface area contributed by atoms with Gasteiger partial charge >= 0.3 is 5.63 Å². The van der Waals surface area contributed by atoms with E-state index in [0.717, 1.165) is 16.6 Å². The quantitative estimate of drug-likeness (QED) is 0.513. The summed E-state index contributed by atoms with van der Waals surface area (Å²) >= 11 is 0. The molecule has 0 saturated heterocycles. The molecule has 0 N–H and O–H groups in total. The fourth-order valence-electron chi connectivity index (χ4n) is 2.73. The van der Waals surface area contributed by atoms with Gasteiger partial charge in [-0.05, 0) is 36.4 Å². The highest BCUT2D eigenvalue weighted by Crippen LogP contribution is 2.27. The third-order valence-electron chi connectivity index (χ3n) is 4.21. The van der Waals surface area contributed by atoms with E-state index in [9.17, 15) is 4.79 Å². The van der Waals surface area contributed by atoms with Crippen LogP contribution in [0.5, 0.6) is 5.75 Å². The van der Waals surface area contributed by atoms with Gasteiger partial charge < -0.3 is 18.5 Å². The SMILES string of the molecule is COc1ccc2cc(-c3nnc(-c4cccc(N(C)C)c4)o3)c(=O)oc2c1. The van der Waals surface area contributed by atoms with Gasteiger partial charge in [-0.1, -0.05) is 6.07 Å². The second-order valence-electron chi connectivity index (χ2n) is 6.21. The van der Waals surface area contributed by atoms with Crippen molar-refractivity contribution < 1.29 is 13.6 Å². The molecule has 136 valence electrons. The van der Waals surface area contributed by atoms with Crippen molar-refractivity contribution >= 4 is 16.7 Å². The minimum Gasteiger partial charge on any atom is -0.497 e. The Morgan fingerprint density at radius 1 is 0.963 bits per heavy atom. The summed E-state index contributed by atoms with van der Waals surface area (Å²) in [6.07, 6.45) is 0. The van der Waals surface area contributed by atoms with Crippen molar-refractivity contribution in [3.05, 3.63) is 59.0 Å². The summed E-state index contributed by atoms with van der Waals surface area (Å²) in [5.41, 5.74) is 1.88. The molecular weight excluding hydrogens is 346 g/mol. The maximum Gasteiger partial charge on any atom is 0.349 e. The zero-order valence-corrected chi connectivity index (χ0v) is 15.1. The van der Waals surface area contributed by atoms with E-state index in [0.29, 0.717) is 17.2 Å². The molecule has 7 nitrogen and oxygen atoms in total. The van der Waals surface area contributed by atoms with Gasteiger partial charge in [0.05, 0.1) is 7.11 Å². The van der Waals surface area contributed by atoms with E-state index in [1.54, 1.807) is 31.4 Å². The lowest BCUT2D eigenvalue weighted by atomic mass is 10.2. The van der Waals surface area contributed by atoms with Crippen LogP contribution in [0.2, 0.25) is 0 Å². The van der Waals surface area contributed by atoms with Gasteiger partial charge in [0, 0.05) is 36.8 Å². The predicted octanol–water partition coefficient (Wildman–Crippen LogP) is 3.58. The van der Waals surface area contributed by atoms with Gasteiger partial charge in [-0.25, -0.2) is 4.79 Å². The van der Waals surface area contributed by atoms with E-state index < -0.39 is 5.63 Å². The fourth-order valence-corrected chi connectivity index (χ4v) is 2.73. The summed E-state index contributed by atoms with van der Waals surface area (Å²) < 4.78 is 16.3. The van der Waals surface area contributed by atoms with Crippen LogP contribution < -0.4 is 15.3 Å². The van der Waals surface area contributed by atoms with Crippen LogP contribution in [0.4, 0.5) is 5.69 Å². The van der Waals surface area contributed by atoms with Crippen molar-refractivity contribution in [1.29, 1.82) is 0 Å². The van der Waals surface area contributed by atoms with Crippen molar-refractivity contribution in [3.8, 4) is 28.7 Å². The van der Waals surface area contributed by atoms with Crippen molar-refractivity contribution in [3.63, 3.8) is 0 Å². The van der Waals surface area contributed by atoms with Crippen molar-refractivity contribution in [2.24, 2.45) is 0 Å². The summed E-state index contributed by atoms with van der Waals surface area (Å²) in [7, 11) is 5.46. The average molecular weight is 363 g/mol. The van der Waals surface area contributed by atoms with Crippen LogP contribution in [-0.4, -0.2) is 31.4 Å². The molecule has 0 unspecified atom stereocenters. The number of rotatable bonds is 4. The van der Waals surface area contributed by atoms with Gasteiger partial charge in [0.1, 0.15) is 16.9 Å². The Bertz CT molecular complexity index is 1180. The van der Waals surface area contributed by atoms with Gasteiger partial charge in [-0.15, -0.1) is 10.2 Å². The normalized spacial score (nSPS) is 10.9. The number of fused-ring (bicyclic) bond motifs is 1. The molecule has 0 fully saturated rings. The summed E-state index contributed by atoms with van der Waals surface area (Å²) in [5, 5.41) is 8.84. The fraction of sp³-hybridized carbons (Fsp3) is 0.150. The number of anilines is 1. The maximum atomic E-state index is 12.4. The minimum absolute atomic E-state index is 0.117. The Hall–Kier alpha value is -3.61. The summed E-state index contributed by atoms with van der Waals surface area (Å²) in [5.74, 6) is 1.06. The lowest BCUT2D eigenvalue weighted by Crippen LogP contribution is -2.08. The van der Waals surface area contributed by atoms with E-state index in [4.69, 9.17) is 13.6 Å². The van der Waals surface area contributed by atoms with E-state index in [2.05, 4.69) is 10.2 Å². The average Bonchev–Trinajstić information content (AvgIpc) is 3.17. The van der Waals surface area contributed by atoms with Crippen LogP contribution in [0.25, 0.3) is 33.9 Å². The largest absolute Gasteiger partial charge is 0.497 e.